The molecule has 0 aliphatic carbocycles. The Kier molecular flexibility index (Phi) is 9.54. The highest BCUT2D eigenvalue weighted by Crippen LogP contribution is 2.42. The maximum Gasteiger partial charge on any atom is 0.415 e. The van der Waals surface area contributed by atoms with Crippen LogP contribution < -0.4 is 4.90 Å². The van der Waals surface area contributed by atoms with E-state index in [1.807, 2.05) is 78.9 Å². The minimum atomic E-state index is -1.02. The fraction of sp³-hybridized carbons (Fsp3) is 0.439. The van der Waals surface area contributed by atoms with Gasteiger partial charge in [0.05, 0.1) is 11.7 Å². The van der Waals surface area contributed by atoms with E-state index < -0.39 is 47.9 Å². The van der Waals surface area contributed by atoms with Gasteiger partial charge in [0.15, 0.2) is 0 Å². The highest BCUT2D eigenvalue weighted by molar-refractivity contribution is 6.02. The van der Waals surface area contributed by atoms with Gasteiger partial charge in [0.2, 0.25) is 17.7 Å². The number of amides is 4. The standard InChI is InChI=1S/C41H46N4O7/c1-41(2,3)52-40(51)45-31-17-10-9-15-28(31)23-35(45)38(48)44-32(26-12-5-4-6-13-26)19-20-33(44)37(47)43-25-29-16-8-7-14-27(29)22-30(43)24-36(46)42-21-11-18-34(42)39(49)50/h4-10,12-17,30,32-35H,11,18-25H2,1-3H3,(H,49,50)/t30-,32-,33+,34?,35-/m1/s1. The van der Waals surface area contributed by atoms with Crippen molar-refractivity contribution in [3.8, 4) is 0 Å². The van der Waals surface area contributed by atoms with Crippen molar-refractivity contribution >= 4 is 35.5 Å². The van der Waals surface area contributed by atoms with Crippen LogP contribution in [-0.4, -0.2) is 85.9 Å². The molecule has 4 amide bonds. The Labute approximate surface area is 304 Å². The lowest BCUT2D eigenvalue weighted by atomic mass is 9.91. The molecule has 0 spiro atoms. The predicted molar refractivity (Wildman–Crippen MR) is 193 cm³/mol. The van der Waals surface area contributed by atoms with Gasteiger partial charge in [-0.05, 0) is 81.2 Å². The van der Waals surface area contributed by atoms with Gasteiger partial charge >= 0.3 is 12.1 Å². The monoisotopic (exact) mass is 706 g/mol. The van der Waals surface area contributed by atoms with Crippen molar-refractivity contribution in [1.29, 1.82) is 0 Å². The van der Waals surface area contributed by atoms with E-state index in [1.54, 1.807) is 30.6 Å². The maximum absolute atomic E-state index is 15.1. The van der Waals surface area contributed by atoms with Crippen LogP contribution in [0.15, 0.2) is 78.9 Å². The number of fused-ring (bicyclic) bond motifs is 2. The quantitative estimate of drug-likeness (QED) is 0.359. The number of nitrogens with zero attached hydrogens (tertiary/aromatic N) is 4. The molecule has 3 aromatic rings. The number of likely N-dealkylation sites (tertiary alicyclic amines) is 2. The molecule has 7 rings (SSSR count). The Hall–Kier alpha value is -5.19. The molecule has 5 atom stereocenters. The first-order valence-corrected chi connectivity index (χ1v) is 18.3. The van der Waals surface area contributed by atoms with E-state index in [4.69, 9.17) is 4.74 Å². The maximum atomic E-state index is 15.1. The number of benzene rings is 3. The third kappa shape index (κ3) is 6.76. The van der Waals surface area contributed by atoms with Crippen molar-refractivity contribution in [2.45, 2.75) is 108 Å². The second-order valence-corrected chi connectivity index (χ2v) is 15.3. The number of anilines is 1. The summed E-state index contributed by atoms with van der Waals surface area (Å²) >= 11 is 0. The number of carboxylic acids is 1. The van der Waals surface area contributed by atoms with Crippen molar-refractivity contribution in [1.82, 2.24) is 14.7 Å². The summed E-state index contributed by atoms with van der Waals surface area (Å²) in [4.78, 5) is 75.9. The zero-order valence-electron chi connectivity index (χ0n) is 29.9. The van der Waals surface area contributed by atoms with Crippen LogP contribution in [0.3, 0.4) is 0 Å². The lowest BCUT2D eigenvalue weighted by Crippen LogP contribution is -2.57. The molecule has 3 aromatic carbocycles. The zero-order valence-corrected chi connectivity index (χ0v) is 29.9. The molecule has 11 nitrogen and oxygen atoms in total. The fourth-order valence-corrected chi connectivity index (χ4v) is 8.52. The SMILES string of the molecule is CC(C)(C)OC(=O)N1c2ccccc2C[C@@H]1C(=O)N1[C@@H](c2ccccc2)CC[C@H]1C(=O)N1Cc2ccccc2C[C@@H]1CC(=O)N1CCCC1C(=O)O. The lowest BCUT2D eigenvalue weighted by Gasteiger charge is -2.41. The van der Waals surface area contributed by atoms with Gasteiger partial charge in [-0.25, -0.2) is 9.59 Å². The summed E-state index contributed by atoms with van der Waals surface area (Å²) in [5.41, 5.74) is 3.58. The molecule has 11 heteroatoms. The summed E-state index contributed by atoms with van der Waals surface area (Å²) in [5.74, 6) is -1.90. The highest BCUT2D eigenvalue weighted by atomic mass is 16.6. The van der Waals surface area contributed by atoms with Crippen molar-refractivity contribution in [3.63, 3.8) is 0 Å². The van der Waals surface area contributed by atoms with Crippen LogP contribution in [0.25, 0.3) is 0 Å². The van der Waals surface area contributed by atoms with Crippen LogP contribution >= 0.6 is 0 Å². The van der Waals surface area contributed by atoms with Gasteiger partial charge in [0, 0.05) is 32.0 Å². The topological polar surface area (TPSA) is 128 Å². The lowest BCUT2D eigenvalue weighted by molar-refractivity contribution is -0.151. The summed E-state index contributed by atoms with van der Waals surface area (Å²) in [7, 11) is 0. The molecular formula is C41H46N4O7. The van der Waals surface area contributed by atoms with Gasteiger partial charge in [0.1, 0.15) is 23.7 Å². The average molecular weight is 707 g/mol. The van der Waals surface area contributed by atoms with Crippen LogP contribution in [0.4, 0.5) is 10.5 Å². The van der Waals surface area contributed by atoms with E-state index in [0.29, 0.717) is 44.3 Å². The minimum Gasteiger partial charge on any atom is -0.480 e. The molecule has 4 aliphatic rings. The van der Waals surface area contributed by atoms with Crippen molar-refractivity contribution in [2.24, 2.45) is 0 Å². The van der Waals surface area contributed by atoms with Gasteiger partial charge in [0.25, 0.3) is 0 Å². The molecule has 1 unspecified atom stereocenters. The van der Waals surface area contributed by atoms with Gasteiger partial charge in [-0.15, -0.1) is 0 Å². The molecule has 0 radical (unpaired) electrons. The first-order valence-electron chi connectivity index (χ1n) is 18.3. The number of ether oxygens (including phenoxy) is 1. The van der Waals surface area contributed by atoms with E-state index >= 15 is 9.59 Å². The molecule has 52 heavy (non-hydrogen) atoms. The second-order valence-electron chi connectivity index (χ2n) is 15.3. The Balaban J connectivity index is 1.23. The Morgan fingerprint density at radius 1 is 0.731 bits per heavy atom. The molecule has 4 aliphatic heterocycles. The molecule has 2 saturated heterocycles. The summed E-state index contributed by atoms with van der Waals surface area (Å²) in [6.07, 6.45) is 2.04. The van der Waals surface area contributed by atoms with Crippen LogP contribution in [0.2, 0.25) is 0 Å². The first kappa shape index (κ1) is 35.2. The number of rotatable bonds is 6. The molecule has 1 N–H and O–H groups in total. The van der Waals surface area contributed by atoms with Crippen LogP contribution in [-0.2, 0) is 43.3 Å². The van der Waals surface area contributed by atoms with Gasteiger partial charge < -0.3 is 24.5 Å². The Morgan fingerprint density at radius 2 is 1.40 bits per heavy atom. The van der Waals surface area contributed by atoms with E-state index in [2.05, 4.69) is 0 Å². The predicted octanol–water partition coefficient (Wildman–Crippen LogP) is 5.50. The highest BCUT2D eigenvalue weighted by Gasteiger charge is 2.50. The molecule has 0 bridgehead atoms. The molecular weight excluding hydrogens is 660 g/mol. The number of hydrogen-bond acceptors (Lipinski definition) is 6. The van der Waals surface area contributed by atoms with E-state index in [9.17, 15) is 19.5 Å². The number of carbonyl (C=O) groups is 5. The smallest absolute Gasteiger partial charge is 0.415 e. The fourth-order valence-electron chi connectivity index (χ4n) is 8.52. The molecule has 4 heterocycles. The number of carbonyl (C=O) groups excluding carboxylic acids is 4. The van der Waals surface area contributed by atoms with Gasteiger partial charge in [-0.2, -0.15) is 0 Å². The largest absolute Gasteiger partial charge is 0.480 e. The zero-order chi connectivity index (χ0) is 36.7. The normalized spacial score (nSPS) is 24.0. The van der Waals surface area contributed by atoms with E-state index in [1.165, 1.54) is 9.80 Å². The number of carboxylic acid groups (broad SMARTS) is 1. The minimum absolute atomic E-state index is 0.0169. The Morgan fingerprint density at radius 3 is 2.12 bits per heavy atom. The Bertz CT molecular complexity index is 1870. The summed E-state index contributed by atoms with van der Waals surface area (Å²) in [6, 6.07) is 21.4. The third-order valence-corrected chi connectivity index (χ3v) is 10.9. The van der Waals surface area contributed by atoms with Crippen LogP contribution in [0, 0.1) is 0 Å². The summed E-state index contributed by atoms with van der Waals surface area (Å²) in [6.45, 7) is 5.99. The van der Waals surface area contributed by atoms with Crippen molar-refractivity contribution in [3.05, 3.63) is 101 Å². The molecule has 0 aromatic heterocycles. The first-order chi connectivity index (χ1) is 24.9. The molecule has 272 valence electrons. The molecule has 2 fully saturated rings. The van der Waals surface area contributed by atoms with Crippen LogP contribution in [0.5, 0.6) is 0 Å². The number of aliphatic carboxylic acids is 1. The number of para-hydroxylation sites is 1. The van der Waals surface area contributed by atoms with Crippen molar-refractivity contribution < 1.29 is 33.8 Å². The van der Waals surface area contributed by atoms with E-state index in [-0.39, 0.29) is 37.1 Å². The van der Waals surface area contributed by atoms with Crippen LogP contribution in [0.1, 0.15) is 81.2 Å². The second kappa shape index (κ2) is 14.1. The number of hydrogen-bond donors (Lipinski definition) is 1. The molecule has 0 saturated carbocycles. The average Bonchev–Trinajstić information content (AvgIpc) is 3.88. The summed E-state index contributed by atoms with van der Waals surface area (Å²) in [5, 5.41) is 9.78. The van der Waals surface area contributed by atoms with Gasteiger partial charge in [-0.1, -0.05) is 72.8 Å². The van der Waals surface area contributed by atoms with E-state index in [0.717, 1.165) is 22.3 Å². The van der Waals surface area contributed by atoms with Crippen molar-refractivity contribution in [2.75, 3.05) is 11.4 Å². The van der Waals surface area contributed by atoms with Gasteiger partial charge in [-0.3, -0.25) is 19.3 Å². The third-order valence-electron chi connectivity index (χ3n) is 10.9. The summed E-state index contributed by atoms with van der Waals surface area (Å²) < 4.78 is 5.82.